The molecule has 1 saturated heterocycles. The van der Waals surface area contributed by atoms with Gasteiger partial charge in [0.2, 0.25) is 6.39 Å². The molecule has 0 N–H and O–H groups in total. The Hall–Kier alpha value is -1.68. The number of piperidine rings is 1. The lowest BCUT2D eigenvalue weighted by Crippen LogP contribution is -2.33. The molecule has 2 heterocycles. The van der Waals surface area contributed by atoms with E-state index in [4.69, 9.17) is 4.52 Å². The predicted octanol–water partition coefficient (Wildman–Crippen LogP) is 2.80. The Morgan fingerprint density at radius 3 is 2.89 bits per heavy atom. The zero-order chi connectivity index (χ0) is 12.2. The molecule has 4 nitrogen and oxygen atoms in total. The third kappa shape index (κ3) is 2.43. The molecule has 94 valence electrons. The largest absolute Gasteiger partial charge is 0.343 e. The van der Waals surface area contributed by atoms with Gasteiger partial charge in [0, 0.05) is 6.04 Å². The van der Waals surface area contributed by atoms with Crippen molar-refractivity contribution in [3.63, 3.8) is 0 Å². The van der Waals surface area contributed by atoms with Crippen LogP contribution < -0.4 is 0 Å². The first kappa shape index (κ1) is 11.4. The second-order valence-corrected chi connectivity index (χ2v) is 4.74. The molecule has 0 radical (unpaired) electrons. The Morgan fingerprint density at radius 1 is 1.22 bits per heavy atom. The van der Waals surface area contributed by atoms with Crippen LogP contribution in [0.1, 0.15) is 36.7 Å². The van der Waals surface area contributed by atoms with Crippen LogP contribution in [-0.2, 0) is 6.54 Å². The van der Waals surface area contributed by atoms with E-state index in [-0.39, 0.29) is 0 Å². The molecule has 1 atom stereocenters. The van der Waals surface area contributed by atoms with Crippen LogP contribution in [0.25, 0.3) is 0 Å². The van der Waals surface area contributed by atoms with Gasteiger partial charge in [-0.1, -0.05) is 41.9 Å². The highest BCUT2D eigenvalue weighted by Crippen LogP contribution is 2.31. The molecule has 1 aromatic heterocycles. The van der Waals surface area contributed by atoms with E-state index in [1.807, 2.05) is 0 Å². The average Bonchev–Trinajstić information content (AvgIpc) is 2.93. The van der Waals surface area contributed by atoms with Gasteiger partial charge in [-0.05, 0) is 24.9 Å². The zero-order valence-electron chi connectivity index (χ0n) is 10.3. The molecule has 1 fully saturated rings. The molecule has 1 unspecified atom stereocenters. The normalized spacial score (nSPS) is 21.0. The summed E-state index contributed by atoms with van der Waals surface area (Å²) in [6.07, 6.45) is 5.15. The van der Waals surface area contributed by atoms with Gasteiger partial charge in [-0.2, -0.15) is 4.98 Å². The number of aromatic nitrogens is 2. The lowest BCUT2D eigenvalue weighted by molar-refractivity contribution is 0.135. The molecule has 1 aliphatic heterocycles. The summed E-state index contributed by atoms with van der Waals surface area (Å²) < 4.78 is 4.81. The van der Waals surface area contributed by atoms with Crippen LogP contribution in [0.5, 0.6) is 0 Å². The minimum absolute atomic E-state index is 0.485. The summed E-state index contributed by atoms with van der Waals surface area (Å²) in [5.41, 5.74) is 1.39. The van der Waals surface area contributed by atoms with Gasteiger partial charge in [0.15, 0.2) is 5.82 Å². The summed E-state index contributed by atoms with van der Waals surface area (Å²) in [7, 11) is 0. The second kappa shape index (κ2) is 5.31. The van der Waals surface area contributed by atoms with E-state index in [1.54, 1.807) is 0 Å². The maximum Gasteiger partial charge on any atom is 0.213 e. The van der Waals surface area contributed by atoms with Crippen LogP contribution in [0.4, 0.5) is 0 Å². The number of hydrogen-bond acceptors (Lipinski definition) is 4. The van der Waals surface area contributed by atoms with E-state index in [0.717, 1.165) is 18.9 Å². The van der Waals surface area contributed by atoms with Gasteiger partial charge in [0.1, 0.15) is 0 Å². The lowest BCUT2D eigenvalue weighted by atomic mass is 9.95. The molecule has 2 aromatic rings. The van der Waals surface area contributed by atoms with Gasteiger partial charge in [0.25, 0.3) is 0 Å². The lowest BCUT2D eigenvalue weighted by Gasteiger charge is -2.35. The van der Waals surface area contributed by atoms with E-state index in [2.05, 4.69) is 45.4 Å². The van der Waals surface area contributed by atoms with E-state index in [1.165, 1.54) is 31.2 Å². The van der Waals surface area contributed by atoms with Crippen LogP contribution in [0, 0.1) is 0 Å². The minimum atomic E-state index is 0.485. The topological polar surface area (TPSA) is 42.2 Å². The first-order chi connectivity index (χ1) is 8.93. The number of hydrogen-bond donors (Lipinski definition) is 0. The number of likely N-dealkylation sites (tertiary alicyclic amines) is 1. The first-order valence-corrected chi connectivity index (χ1v) is 6.48. The van der Waals surface area contributed by atoms with Crippen molar-refractivity contribution in [3.8, 4) is 0 Å². The SMILES string of the molecule is c1ccc(C2CCCCN2Cc2ncon2)cc1. The quantitative estimate of drug-likeness (QED) is 0.831. The molecule has 0 aliphatic carbocycles. The first-order valence-electron chi connectivity index (χ1n) is 6.48. The summed E-state index contributed by atoms with van der Waals surface area (Å²) in [5.74, 6) is 0.776. The molecular weight excluding hydrogens is 226 g/mol. The van der Waals surface area contributed by atoms with Gasteiger partial charge in [-0.15, -0.1) is 0 Å². The molecule has 0 saturated carbocycles. The summed E-state index contributed by atoms with van der Waals surface area (Å²) in [6.45, 7) is 1.88. The van der Waals surface area contributed by atoms with Crippen molar-refractivity contribution in [2.24, 2.45) is 0 Å². The zero-order valence-corrected chi connectivity index (χ0v) is 10.3. The smallest absolute Gasteiger partial charge is 0.213 e. The Balaban J connectivity index is 1.78. The van der Waals surface area contributed by atoms with Gasteiger partial charge in [0.05, 0.1) is 6.54 Å². The number of benzene rings is 1. The molecule has 4 heteroatoms. The van der Waals surface area contributed by atoms with Crippen molar-refractivity contribution >= 4 is 0 Å². The highest BCUT2D eigenvalue weighted by molar-refractivity contribution is 5.19. The molecule has 1 aromatic carbocycles. The fourth-order valence-electron chi connectivity index (χ4n) is 2.68. The molecule has 3 rings (SSSR count). The molecule has 0 amide bonds. The van der Waals surface area contributed by atoms with Crippen LogP contribution in [0.2, 0.25) is 0 Å². The van der Waals surface area contributed by atoms with Crippen LogP contribution in [0.3, 0.4) is 0 Å². The van der Waals surface area contributed by atoms with Crippen molar-refractivity contribution in [3.05, 3.63) is 48.1 Å². The number of rotatable bonds is 3. The van der Waals surface area contributed by atoms with E-state index in [9.17, 15) is 0 Å². The maximum absolute atomic E-state index is 4.81. The minimum Gasteiger partial charge on any atom is -0.343 e. The van der Waals surface area contributed by atoms with Crippen LogP contribution in [-0.4, -0.2) is 21.6 Å². The highest BCUT2D eigenvalue weighted by atomic mass is 16.5. The average molecular weight is 243 g/mol. The third-order valence-corrected chi connectivity index (χ3v) is 3.55. The molecular formula is C14H17N3O. The molecule has 0 spiro atoms. The molecule has 18 heavy (non-hydrogen) atoms. The number of nitrogens with zero attached hydrogens (tertiary/aromatic N) is 3. The fourth-order valence-corrected chi connectivity index (χ4v) is 2.68. The molecule has 1 aliphatic rings. The molecule has 0 bridgehead atoms. The van der Waals surface area contributed by atoms with E-state index in [0.29, 0.717) is 6.04 Å². The van der Waals surface area contributed by atoms with Crippen LogP contribution in [0.15, 0.2) is 41.2 Å². The van der Waals surface area contributed by atoms with Gasteiger partial charge >= 0.3 is 0 Å². The van der Waals surface area contributed by atoms with Crippen molar-refractivity contribution in [2.45, 2.75) is 31.8 Å². The standard InChI is InChI=1S/C14H17N3O/c1-2-6-12(7-3-1)13-8-4-5-9-17(13)10-14-15-11-18-16-14/h1-3,6-7,11,13H,4-5,8-10H2. The van der Waals surface area contributed by atoms with Gasteiger partial charge in [-0.3, -0.25) is 4.90 Å². The summed E-state index contributed by atoms with van der Waals surface area (Å²) in [6, 6.07) is 11.2. The Kier molecular flexibility index (Phi) is 3.37. The van der Waals surface area contributed by atoms with Gasteiger partial charge in [-0.25, -0.2) is 0 Å². The van der Waals surface area contributed by atoms with Crippen molar-refractivity contribution < 1.29 is 4.52 Å². The van der Waals surface area contributed by atoms with Crippen molar-refractivity contribution in [1.82, 2.24) is 15.0 Å². The predicted molar refractivity (Wildman–Crippen MR) is 67.7 cm³/mol. The Labute approximate surface area is 107 Å². The van der Waals surface area contributed by atoms with E-state index < -0.39 is 0 Å². The summed E-state index contributed by atoms with van der Waals surface area (Å²) in [5, 5.41) is 3.91. The van der Waals surface area contributed by atoms with Gasteiger partial charge < -0.3 is 4.52 Å². The highest BCUT2D eigenvalue weighted by Gasteiger charge is 2.24. The summed E-state index contributed by atoms with van der Waals surface area (Å²) in [4.78, 5) is 6.57. The third-order valence-electron chi connectivity index (χ3n) is 3.55. The monoisotopic (exact) mass is 243 g/mol. The van der Waals surface area contributed by atoms with E-state index >= 15 is 0 Å². The second-order valence-electron chi connectivity index (χ2n) is 4.74. The van der Waals surface area contributed by atoms with Crippen LogP contribution >= 0.6 is 0 Å². The van der Waals surface area contributed by atoms with Crippen molar-refractivity contribution in [1.29, 1.82) is 0 Å². The summed E-state index contributed by atoms with van der Waals surface area (Å²) >= 11 is 0. The maximum atomic E-state index is 4.81. The fraction of sp³-hybridized carbons (Fsp3) is 0.429. The van der Waals surface area contributed by atoms with Crippen molar-refractivity contribution in [2.75, 3.05) is 6.54 Å². The Bertz CT molecular complexity index is 469. The Morgan fingerprint density at radius 2 is 2.11 bits per heavy atom.